The second kappa shape index (κ2) is 5.17. The first-order valence-corrected chi connectivity index (χ1v) is 7.28. The Morgan fingerprint density at radius 3 is 2.56 bits per heavy atom. The van der Waals surface area contributed by atoms with Crippen LogP contribution in [-0.4, -0.2) is 32.8 Å². The Morgan fingerprint density at radius 2 is 2.00 bits per heavy atom. The third kappa shape index (κ3) is 2.95. The van der Waals surface area contributed by atoms with Gasteiger partial charge in [-0.25, -0.2) is 13.1 Å². The Kier molecular flexibility index (Phi) is 3.79. The maximum absolute atomic E-state index is 12.0. The Hall–Kier alpha value is -1.24. The van der Waals surface area contributed by atoms with Crippen molar-refractivity contribution >= 4 is 15.8 Å². The van der Waals surface area contributed by atoms with Gasteiger partial charge in [-0.05, 0) is 25.5 Å². The summed E-state index contributed by atoms with van der Waals surface area (Å²) in [5.41, 5.74) is 0. The molecule has 1 aliphatic heterocycles. The molecule has 98 valence electrons. The molecule has 1 aliphatic rings. The molecule has 0 bridgehead atoms. The molecule has 2 N–H and O–H groups in total. The van der Waals surface area contributed by atoms with Crippen LogP contribution in [0.1, 0.15) is 13.3 Å². The van der Waals surface area contributed by atoms with E-state index in [2.05, 4.69) is 10.0 Å². The highest BCUT2D eigenvalue weighted by atomic mass is 32.2. The number of rotatable bonds is 4. The SMILES string of the molecule is CC(=O)[C@@H]1C[C@@H](NS(=O)(=O)c2ccccc2)CN1. The zero-order chi connectivity index (χ0) is 13.2. The van der Waals surface area contributed by atoms with Crippen LogP contribution in [0.3, 0.4) is 0 Å². The largest absolute Gasteiger partial charge is 0.306 e. The Balaban J connectivity index is 2.05. The fraction of sp³-hybridized carbons (Fsp3) is 0.417. The number of hydrogen-bond acceptors (Lipinski definition) is 4. The lowest BCUT2D eigenvalue weighted by atomic mass is 10.1. The number of ketones is 1. The molecule has 0 saturated carbocycles. The number of sulfonamides is 1. The lowest BCUT2D eigenvalue weighted by Crippen LogP contribution is -2.36. The Labute approximate surface area is 107 Å². The van der Waals surface area contributed by atoms with Crippen LogP contribution in [0.4, 0.5) is 0 Å². The number of nitrogens with one attached hydrogen (secondary N) is 2. The molecule has 18 heavy (non-hydrogen) atoms. The van der Waals surface area contributed by atoms with Crippen LogP contribution in [0.25, 0.3) is 0 Å². The van der Waals surface area contributed by atoms with E-state index < -0.39 is 10.0 Å². The second-order valence-electron chi connectivity index (χ2n) is 4.44. The predicted molar refractivity (Wildman–Crippen MR) is 67.6 cm³/mol. The molecule has 2 atom stereocenters. The first kappa shape index (κ1) is 13.2. The molecule has 1 fully saturated rings. The van der Waals surface area contributed by atoms with Gasteiger partial charge in [-0.15, -0.1) is 0 Å². The van der Waals surface area contributed by atoms with E-state index in [-0.39, 0.29) is 22.8 Å². The molecule has 0 radical (unpaired) electrons. The summed E-state index contributed by atoms with van der Waals surface area (Å²) in [7, 11) is -3.49. The van der Waals surface area contributed by atoms with E-state index in [1.54, 1.807) is 30.3 Å². The summed E-state index contributed by atoms with van der Waals surface area (Å²) >= 11 is 0. The summed E-state index contributed by atoms with van der Waals surface area (Å²) in [6.07, 6.45) is 0.501. The van der Waals surface area contributed by atoms with Crippen LogP contribution in [-0.2, 0) is 14.8 Å². The standard InChI is InChI=1S/C12H16N2O3S/c1-9(15)12-7-10(8-13-12)14-18(16,17)11-5-3-2-4-6-11/h2-6,10,12-14H,7-8H2,1H3/t10-,12+/m1/s1. The number of hydrogen-bond donors (Lipinski definition) is 2. The molecule has 1 aromatic rings. The molecular weight excluding hydrogens is 252 g/mol. The first-order valence-electron chi connectivity index (χ1n) is 5.80. The molecule has 0 aliphatic carbocycles. The summed E-state index contributed by atoms with van der Waals surface area (Å²) in [6.45, 7) is 1.99. The zero-order valence-corrected chi connectivity index (χ0v) is 10.9. The van der Waals surface area contributed by atoms with E-state index in [4.69, 9.17) is 0 Å². The minimum absolute atomic E-state index is 0.0383. The molecule has 5 nitrogen and oxygen atoms in total. The number of carbonyl (C=O) groups is 1. The van der Waals surface area contributed by atoms with Crippen molar-refractivity contribution in [3.8, 4) is 0 Å². The molecule has 0 amide bonds. The van der Waals surface area contributed by atoms with Crippen LogP contribution < -0.4 is 10.0 Å². The van der Waals surface area contributed by atoms with Gasteiger partial charge in [-0.2, -0.15) is 0 Å². The van der Waals surface area contributed by atoms with Crippen molar-refractivity contribution in [2.75, 3.05) is 6.54 Å². The maximum Gasteiger partial charge on any atom is 0.240 e. The Morgan fingerprint density at radius 1 is 1.33 bits per heavy atom. The van der Waals surface area contributed by atoms with Gasteiger partial charge in [0, 0.05) is 12.6 Å². The smallest absolute Gasteiger partial charge is 0.240 e. The molecule has 0 aromatic heterocycles. The van der Waals surface area contributed by atoms with E-state index in [0.717, 1.165) is 0 Å². The minimum atomic E-state index is -3.49. The fourth-order valence-electron chi connectivity index (χ4n) is 2.02. The third-order valence-electron chi connectivity index (χ3n) is 3.00. The van der Waals surface area contributed by atoms with Crippen molar-refractivity contribution < 1.29 is 13.2 Å². The molecule has 2 rings (SSSR count). The van der Waals surface area contributed by atoms with Gasteiger partial charge in [0.2, 0.25) is 10.0 Å². The third-order valence-corrected chi connectivity index (χ3v) is 4.53. The summed E-state index contributed by atoms with van der Waals surface area (Å²) in [5.74, 6) is 0.0383. The van der Waals surface area contributed by atoms with E-state index in [1.165, 1.54) is 6.92 Å². The van der Waals surface area contributed by atoms with Gasteiger partial charge >= 0.3 is 0 Å². The molecule has 1 heterocycles. The van der Waals surface area contributed by atoms with Gasteiger partial charge in [0.15, 0.2) is 0 Å². The summed E-state index contributed by atoms with van der Waals surface area (Å²) in [5, 5.41) is 3.00. The Bertz CT molecular complexity index is 528. The molecule has 1 aromatic carbocycles. The van der Waals surface area contributed by atoms with Gasteiger partial charge in [0.1, 0.15) is 5.78 Å². The highest BCUT2D eigenvalue weighted by Crippen LogP contribution is 2.13. The molecular formula is C12H16N2O3S. The van der Waals surface area contributed by atoms with Crippen molar-refractivity contribution in [3.63, 3.8) is 0 Å². The van der Waals surface area contributed by atoms with E-state index in [1.807, 2.05) is 0 Å². The van der Waals surface area contributed by atoms with Crippen LogP contribution >= 0.6 is 0 Å². The zero-order valence-electron chi connectivity index (χ0n) is 10.1. The van der Waals surface area contributed by atoms with Crippen LogP contribution in [0.2, 0.25) is 0 Å². The first-order chi connectivity index (χ1) is 8.49. The number of benzene rings is 1. The van der Waals surface area contributed by atoms with Crippen molar-refractivity contribution in [1.82, 2.24) is 10.0 Å². The van der Waals surface area contributed by atoms with Crippen LogP contribution in [0, 0.1) is 0 Å². The van der Waals surface area contributed by atoms with E-state index >= 15 is 0 Å². The van der Waals surface area contributed by atoms with Crippen molar-refractivity contribution in [1.29, 1.82) is 0 Å². The summed E-state index contributed by atoms with van der Waals surface area (Å²) in [6, 6.07) is 7.75. The normalized spacial score (nSPS) is 24.1. The van der Waals surface area contributed by atoms with Crippen molar-refractivity contribution in [3.05, 3.63) is 30.3 Å². The molecule has 6 heteroatoms. The summed E-state index contributed by atoms with van der Waals surface area (Å²) in [4.78, 5) is 11.4. The lowest BCUT2D eigenvalue weighted by molar-refractivity contribution is -0.118. The lowest BCUT2D eigenvalue weighted by Gasteiger charge is -2.12. The van der Waals surface area contributed by atoms with E-state index in [9.17, 15) is 13.2 Å². The highest BCUT2D eigenvalue weighted by molar-refractivity contribution is 7.89. The predicted octanol–water partition coefficient (Wildman–Crippen LogP) is 0.284. The average molecular weight is 268 g/mol. The molecule has 1 saturated heterocycles. The van der Waals surface area contributed by atoms with Gasteiger partial charge in [0.25, 0.3) is 0 Å². The average Bonchev–Trinajstić information content (AvgIpc) is 2.78. The molecule has 0 spiro atoms. The van der Waals surface area contributed by atoms with Crippen LogP contribution in [0.5, 0.6) is 0 Å². The van der Waals surface area contributed by atoms with Gasteiger partial charge in [-0.3, -0.25) is 4.79 Å². The second-order valence-corrected chi connectivity index (χ2v) is 6.15. The van der Waals surface area contributed by atoms with Gasteiger partial charge in [-0.1, -0.05) is 18.2 Å². The summed E-state index contributed by atoms with van der Waals surface area (Å²) < 4.78 is 26.7. The van der Waals surface area contributed by atoms with Crippen molar-refractivity contribution in [2.24, 2.45) is 0 Å². The van der Waals surface area contributed by atoms with Crippen molar-refractivity contribution in [2.45, 2.75) is 30.3 Å². The van der Waals surface area contributed by atoms with Crippen LogP contribution in [0.15, 0.2) is 35.2 Å². The topological polar surface area (TPSA) is 75.3 Å². The minimum Gasteiger partial charge on any atom is -0.306 e. The monoisotopic (exact) mass is 268 g/mol. The number of Topliss-reactive ketones (excluding diaryl/α,β-unsaturated/α-hetero) is 1. The maximum atomic E-state index is 12.0. The quantitative estimate of drug-likeness (QED) is 0.822. The highest BCUT2D eigenvalue weighted by Gasteiger charge is 2.30. The number of carbonyl (C=O) groups excluding carboxylic acids is 1. The fourth-order valence-corrected chi connectivity index (χ4v) is 3.29. The van der Waals surface area contributed by atoms with E-state index in [0.29, 0.717) is 13.0 Å². The van der Waals surface area contributed by atoms with Gasteiger partial charge < -0.3 is 5.32 Å². The molecule has 0 unspecified atom stereocenters. The van der Waals surface area contributed by atoms with Gasteiger partial charge in [0.05, 0.1) is 10.9 Å².